The van der Waals surface area contributed by atoms with Gasteiger partial charge in [0.05, 0.1) is 15.9 Å². The molecule has 0 bridgehead atoms. The second-order valence-electron chi connectivity index (χ2n) is 4.31. The van der Waals surface area contributed by atoms with Crippen molar-refractivity contribution >= 4 is 28.1 Å². The van der Waals surface area contributed by atoms with Gasteiger partial charge >= 0.3 is 0 Å². The van der Waals surface area contributed by atoms with Crippen LogP contribution in [0.15, 0.2) is 35.7 Å². The summed E-state index contributed by atoms with van der Waals surface area (Å²) < 4.78 is 2.26. The number of anilines is 1. The van der Waals surface area contributed by atoms with Crippen molar-refractivity contribution in [1.29, 1.82) is 0 Å². The van der Waals surface area contributed by atoms with Gasteiger partial charge in [0, 0.05) is 12.2 Å². The normalized spacial score (nSPS) is 11.2. The number of nitrogens with zero attached hydrogens (tertiary/aromatic N) is 2. The molecule has 18 heavy (non-hydrogen) atoms. The molecule has 0 radical (unpaired) electrons. The molecule has 92 valence electrons. The lowest BCUT2D eigenvalue weighted by Gasteiger charge is -2.06. The molecule has 2 aromatic heterocycles. The zero-order valence-electron chi connectivity index (χ0n) is 10.3. The van der Waals surface area contributed by atoms with E-state index in [9.17, 15) is 0 Å². The monoisotopic (exact) mass is 257 g/mol. The van der Waals surface area contributed by atoms with Crippen LogP contribution in [0.25, 0.3) is 21.7 Å². The summed E-state index contributed by atoms with van der Waals surface area (Å²) in [5, 5.41) is 2.08. The van der Waals surface area contributed by atoms with E-state index in [4.69, 9.17) is 10.7 Å². The van der Waals surface area contributed by atoms with E-state index in [1.807, 2.05) is 18.2 Å². The van der Waals surface area contributed by atoms with Crippen LogP contribution >= 0.6 is 11.3 Å². The molecule has 1 aromatic carbocycles. The number of benzene rings is 1. The molecule has 0 aliphatic rings. The minimum absolute atomic E-state index is 0.789. The van der Waals surface area contributed by atoms with Gasteiger partial charge in [-0.15, -0.1) is 11.3 Å². The minimum atomic E-state index is 0.789. The van der Waals surface area contributed by atoms with Gasteiger partial charge in [-0.2, -0.15) is 0 Å². The molecule has 0 saturated carbocycles. The van der Waals surface area contributed by atoms with Crippen LogP contribution in [0.3, 0.4) is 0 Å². The lowest BCUT2D eigenvalue weighted by molar-refractivity contribution is 0.705. The van der Waals surface area contributed by atoms with Crippen LogP contribution in [0.4, 0.5) is 5.69 Å². The number of aromatic nitrogens is 2. The third-order valence-corrected chi connectivity index (χ3v) is 3.83. The summed E-state index contributed by atoms with van der Waals surface area (Å²) in [5.41, 5.74) is 8.81. The van der Waals surface area contributed by atoms with Crippen LogP contribution < -0.4 is 5.73 Å². The number of nitrogens with two attached hydrogens (primary N) is 1. The van der Waals surface area contributed by atoms with Crippen molar-refractivity contribution in [1.82, 2.24) is 9.55 Å². The van der Waals surface area contributed by atoms with Gasteiger partial charge in [0.2, 0.25) is 0 Å². The molecule has 0 fully saturated rings. The van der Waals surface area contributed by atoms with E-state index in [0.717, 1.165) is 35.5 Å². The average molecular weight is 257 g/mol. The van der Waals surface area contributed by atoms with Gasteiger partial charge in [-0.25, -0.2) is 4.98 Å². The Morgan fingerprint density at radius 3 is 2.94 bits per heavy atom. The maximum Gasteiger partial charge on any atom is 0.151 e. The molecule has 2 heterocycles. The van der Waals surface area contributed by atoms with Crippen LogP contribution in [-0.4, -0.2) is 9.55 Å². The minimum Gasteiger partial charge on any atom is -0.399 e. The Labute approximate surface area is 110 Å². The summed E-state index contributed by atoms with van der Waals surface area (Å²) in [5.74, 6) is 1.05. The summed E-state index contributed by atoms with van der Waals surface area (Å²) in [4.78, 5) is 5.94. The van der Waals surface area contributed by atoms with E-state index >= 15 is 0 Å². The molecule has 3 aromatic rings. The predicted octanol–water partition coefficient (Wildman–Crippen LogP) is 3.76. The number of hydrogen-bond acceptors (Lipinski definition) is 3. The highest BCUT2D eigenvalue weighted by Crippen LogP contribution is 2.29. The molecule has 3 nitrogen and oxygen atoms in total. The van der Waals surface area contributed by atoms with Gasteiger partial charge < -0.3 is 10.3 Å². The SMILES string of the molecule is CCCn1c(-c2cccs2)nc2ccc(N)cc21. The zero-order valence-corrected chi connectivity index (χ0v) is 11.1. The van der Waals surface area contributed by atoms with E-state index in [2.05, 4.69) is 29.0 Å². The number of thiophene rings is 1. The first-order chi connectivity index (χ1) is 8.79. The summed E-state index contributed by atoms with van der Waals surface area (Å²) in [7, 11) is 0. The highest BCUT2D eigenvalue weighted by molar-refractivity contribution is 7.13. The molecular formula is C14H15N3S. The Morgan fingerprint density at radius 1 is 1.33 bits per heavy atom. The fourth-order valence-corrected chi connectivity index (χ4v) is 2.91. The summed E-state index contributed by atoms with van der Waals surface area (Å²) in [6.07, 6.45) is 1.08. The average Bonchev–Trinajstić information content (AvgIpc) is 2.98. The molecule has 0 atom stereocenters. The van der Waals surface area contributed by atoms with Crippen molar-refractivity contribution in [2.75, 3.05) is 5.73 Å². The van der Waals surface area contributed by atoms with E-state index in [1.165, 1.54) is 4.88 Å². The Kier molecular flexibility index (Phi) is 2.80. The van der Waals surface area contributed by atoms with Crippen molar-refractivity contribution < 1.29 is 0 Å². The molecule has 4 heteroatoms. The Hall–Kier alpha value is -1.81. The summed E-state index contributed by atoms with van der Waals surface area (Å²) >= 11 is 1.72. The van der Waals surface area contributed by atoms with Gasteiger partial charge in [-0.3, -0.25) is 0 Å². The molecular weight excluding hydrogens is 242 g/mol. The van der Waals surface area contributed by atoms with Crippen molar-refractivity contribution in [3.05, 3.63) is 35.7 Å². The second kappa shape index (κ2) is 4.46. The van der Waals surface area contributed by atoms with E-state index in [1.54, 1.807) is 11.3 Å². The number of imidazole rings is 1. The van der Waals surface area contributed by atoms with Crippen molar-refractivity contribution in [2.45, 2.75) is 19.9 Å². The number of fused-ring (bicyclic) bond motifs is 1. The largest absolute Gasteiger partial charge is 0.399 e. The van der Waals surface area contributed by atoms with E-state index in [0.29, 0.717) is 0 Å². The molecule has 0 saturated heterocycles. The van der Waals surface area contributed by atoms with Crippen LogP contribution in [0.2, 0.25) is 0 Å². The quantitative estimate of drug-likeness (QED) is 0.726. The maximum atomic E-state index is 5.88. The number of hydrogen-bond donors (Lipinski definition) is 1. The lowest BCUT2D eigenvalue weighted by atomic mass is 10.3. The Morgan fingerprint density at radius 2 is 2.22 bits per heavy atom. The van der Waals surface area contributed by atoms with Gasteiger partial charge in [0.25, 0.3) is 0 Å². The first-order valence-corrected chi connectivity index (χ1v) is 6.97. The van der Waals surface area contributed by atoms with Gasteiger partial charge in [-0.05, 0) is 36.1 Å². The number of nitrogen functional groups attached to an aromatic ring is 1. The topological polar surface area (TPSA) is 43.8 Å². The smallest absolute Gasteiger partial charge is 0.151 e. The highest BCUT2D eigenvalue weighted by atomic mass is 32.1. The first-order valence-electron chi connectivity index (χ1n) is 6.09. The molecule has 0 unspecified atom stereocenters. The van der Waals surface area contributed by atoms with Crippen LogP contribution in [0, 0.1) is 0 Å². The molecule has 0 aliphatic heterocycles. The number of aryl methyl sites for hydroxylation is 1. The van der Waals surface area contributed by atoms with Gasteiger partial charge in [0.15, 0.2) is 5.82 Å². The standard InChI is InChI=1S/C14H15N3S/c1-2-7-17-12-9-10(15)5-6-11(12)16-14(17)13-4-3-8-18-13/h3-6,8-9H,2,7,15H2,1H3. The maximum absolute atomic E-state index is 5.88. The molecule has 2 N–H and O–H groups in total. The number of rotatable bonds is 3. The lowest BCUT2D eigenvalue weighted by Crippen LogP contribution is -1.99. The molecule has 3 rings (SSSR count). The van der Waals surface area contributed by atoms with Gasteiger partial charge in [0.1, 0.15) is 0 Å². The zero-order chi connectivity index (χ0) is 12.5. The molecule has 0 aliphatic carbocycles. The third-order valence-electron chi connectivity index (χ3n) is 2.96. The van der Waals surface area contributed by atoms with E-state index in [-0.39, 0.29) is 0 Å². The summed E-state index contributed by atoms with van der Waals surface area (Å²) in [6, 6.07) is 10.1. The van der Waals surface area contributed by atoms with Crippen molar-refractivity contribution in [3.63, 3.8) is 0 Å². The van der Waals surface area contributed by atoms with Crippen LogP contribution in [0.1, 0.15) is 13.3 Å². The fraction of sp³-hybridized carbons (Fsp3) is 0.214. The van der Waals surface area contributed by atoms with Crippen molar-refractivity contribution in [3.8, 4) is 10.7 Å². The first kappa shape index (κ1) is 11.3. The fourth-order valence-electron chi connectivity index (χ4n) is 2.18. The molecule has 0 amide bonds. The summed E-state index contributed by atoms with van der Waals surface area (Å²) in [6.45, 7) is 3.14. The van der Waals surface area contributed by atoms with Gasteiger partial charge in [-0.1, -0.05) is 13.0 Å². The molecule has 0 spiro atoms. The Bertz CT molecular complexity index is 668. The Balaban J connectivity index is 2.27. The van der Waals surface area contributed by atoms with E-state index < -0.39 is 0 Å². The van der Waals surface area contributed by atoms with Crippen LogP contribution in [-0.2, 0) is 6.54 Å². The van der Waals surface area contributed by atoms with Crippen molar-refractivity contribution in [2.24, 2.45) is 0 Å². The van der Waals surface area contributed by atoms with Crippen LogP contribution in [0.5, 0.6) is 0 Å². The second-order valence-corrected chi connectivity index (χ2v) is 5.26. The third kappa shape index (κ3) is 1.78. The highest BCUT2D eigenvalue weighted by Gasteiger charge is 2.12. The predicted molar refractivity (Wildman–Crippen MR) is 77.7 cm³/mol.